The number of hydrogen-bond acceptors (Lipinski definition) is 5. The maximum absolute atomic E-state index is 14.3. The summed E-state index contributed by atoms with van der Waals surface area (Å²) < 4.78 is 24.0. The smallest absolute Gasteiger partial charge is 0.309 e. The van der Waals surface area contributed by atoms with E-state index in [1.54, 1.807) is 31.2 Å². The third kappa shape index (κ3) is 4.04. The van der Waals surface area contributed by atoms with E-state index in [1.165, 1.54) is 25.3 Å². The van der Waals surface area contributed by atoms with Crippen LogP contribution in [-0.4, -0.2) is 24.1 Å². The zero-order valence-corrected chi connectivity index (χ0v) is 15.8. The number of aromatic nitrogens is 1. The van der Waals surface area contributed by atoms with Crippen LogP contribution in [0.5, 0.6) is 0 Å². The normalized spacial score (nSPS) is 10.6. The van der Waals surface area contributed by atoms with Crippen molar-refractivity contribution in [1.29, 1.82) is 0 Å². The standard InChI is InChI=1S/C20H16ClFN2O4/c1-11-17(19(24-28-11)18-14(21)7-4-8-15(18)22)20(26)23-13-6-3-5-12(9-13)10-16(25)27-2/h3-9H,10H2,1-2H3,(H,23,26). The number of rotatable bonds is 5. The molecule has 1 heterocycles. The summed E-state index contributed by atoms with van der Waals surface area (Å²) in [5.41, 5.74) is 1.21. The van der Waals surface area contributed by atoms with Gasteiger partial charge in [-0.3, -0.25) is 9.59 Å². The number of aryl methyl sites for hydroxylation is 1. The number of esters is 1. The van der Waals surface area contributed by atoms with Gasteiger partial charge in [-0.15, -0.1) is 0 Å². The molecule has 28 heavy (non-hydrogen) atoms. The van der Waals surface area contributed by atoms with Crippen molar-refractivity contribution in [3.05, 3.63) is 70.2 Å². The van der Waals surface area contributed by atoms with E-state index in [2.05, 4.69) is 15.2 Å². The first-order valence-corrected chi connectivity index (χ1v) is 8.66. The van der Waals surface area contributed by atoms with E-state index in [1.807, 2.05) is 0 Å². The molecule has 0 radical (unpaired) electrons. The number of nitrogens with zero attached hydrogens (tertiary/aromatic N) is 1. The molecule has 2 aromatic carbocycles. The molecule has 3 aromatic rings. The number of benzene rings is 2. The number of halogens is 2. The minimum absolute atomic E-state index is 0.00870. The van der Waals surface area contributed by atoms with Crippen molar-refractivity contribution in [3.8, 4) is 11.3 Å². The summed E-state index contributed by atoms with van der Waals surface area (Å²) in [4.78, 5) is 24.3. The van der Waals surface area contributed by atoms with Crippen LogP contribution in [-0.2, 0) is 16.0 Å². The van der Waals surface area contributed by atoms with E-state index < -0.39 is 17.7 Å². The topological polar surface area (TPSA) is 81.4 Å². The fourth-order valence-corrected chi connectivity index (χ4v) is 2.98. The molecule has 1 aromatic heterocycles. The molecule has 0 fully saturated rings. The van der Waals surface area contributed by atoms with Gasteiger partial charge in [-0.1, -0.05) is 35.0 Å². The van der Waals surface area contributed by atoms with Crippen molar-refractivity contribution in [2.45, 2.75) is 13.3 Å². The molecule has 0 saturated heterocycles. The van der Waals surface area contributed by atoms with E-state index in [4.69, 9.17) is 16.1 Å². The van der Waals surface area contributed by atoms with Gasteiger partial charge in [0, 0.05) is 5.69 Å². The molecule has 8 heteroatoms. The summed E-state index contributed by atoms with van der Waals surface area (Å²) in [5, 5.41) is 6.64. The van der Waals surface area contributed by atoms with Crippen LogP contribution in [0.4, 0.5) is 10.1 Å². The molecule has 1 amide bonds. The van der Waals surface area contributed by atoms with Gasteiger partial charge in [-0.2, -0.15) is 0 Å². The number of nitrogens with one attached hydrogen (secondary N) is 1. The second-order valence-electron chi connectivity index (χ2n) is 5.97. The molecule has 0 saturated carbocycles. The minimum atomic E-state index is -0.616. The molecule has 0 aliphatic carbocycles. The number of ether oxygens (including phenoxy) is 1. The SMILES string of the molecule is COC(=O)Cc1cccc(NC(=O)c2c(-c3c(F)cccc3Cl)noc2C)c1. The van der Waals surface area contributed by atoms with Crippen molar-refractivity contribution in [3.63, 3.8) is 0 Å². The van der Waals surface area contributed by atoms with Gasteiger partial charge in [-0.25, -0.2) is 4.39 Å². The Kier molecular flexibility index (Phi) is 5.75. The Morgan fingerprint density at radius 2 is 2.00 bits per heavy atom. The molecule has 144 valence electrons. The summed E-state index contributed by atoms with van der Waals surface area (Å²) >= 11 is 6.10. The molecule has 0 bridgehead atoms. The summed E-state index contributed by atoms with van der Waals surface area (Å²) in [6.45, 7) is 1.55. The van der Waals surface area contributed by atoms with Crippen molar-refractivity contribution in [1.82, 2.24) is 5.16 Å². The van der Waals surface area contributed by atoms with E-state index in [9.17, 15) is 14.0 Å². The number of methoxy groups -OCH3 is 1. The van der Waals surface area contributed by atoms with E-state index in [0.29, 0.717) is 11.3 Å². The monoisotopic (exact) mass is 402 g/mol. The highest BCUT2D eigenvalue weighted by atomic mass is 35.5. The van der Waals surface area contributed by atoms with Gasteiger partial charge >= 0.3 is 5.97 Å². The molecule has 6 nitrogen and oxygen atoms in total. The van der Waals surface area contributed by atoms with Gasteiger partial charge in [0.05, 0.1) is 24.1 Å². The second kappa shape index (κ2) is 8.22. The molecule has 0 aliphatic rings. The van der Waals surface area contributed by atoms with Crippen molar-refractivity contribution in [2.75, 3.05) is 12.4 Å². The van der Waals surface area contributed by atoms with Crippen LogP contribution in [0, 0.1) is 12.7 Å². The van der Waals surface area contributed by atoms with Crippen LogP contribution >= 0.6 is 11.6 Å². The average molecular weight is 403 g/mol. The molecule has 0 spiro atoms. The quantitative estimate of drug-likeness (QED) is 0.639. The lowest BCUT2D eigenvalue weighted by Crippen LogP contribution is -2.14. The van der Waals surface area contributed by atoms with Gasteiger partial charge in [0.1, 0.15) is 22.8 Å². The highest BCUT2D eigenvalue weighted by molar-refractivity contribution is 6.33. The van der Waals surface area contributed by atoms with Crippen molar-refractivity contribution < 1.29 is 23.2 Å². The maximum Gasteiger partial charge on any atom is 0.309 e. The Hall–Kier alpha value is -3.19. The summed E-state index contributed by atoms with van der Waals surface area (Å²) in [5.74, 6) is -1.33. The number of anilines is 1. The third-order valence-corrected chi connectivity index (χ3v) is 4.37. The molecule has 0 unspecified atom stereocenters. The van der Waals surface area contributed by atoms with Crippen LogP contribution in [0.25, 0.3) is 11.3 Å². The fraction of sp³-hybridized carbons (Fsp3) is 0.150. The highest BCUT2D eigenvalue weighted by Crippen LogP contribution is 2.33. The first-order chi connectivity index (χ1) is 13.4. The van der Waals surface area contributed by atoms with Crippen LogP contribution in [0.3, 0.4) is 0 Å². The lowest BCUT2D eigenvalue weighted by Gasteiger charge is -2.09. The number of amides is 1. The Bertz CT molecular complexity index is 1030. The van der Waals surface area contributed by atoms with Gasteiger partial charge in [0.15, 0.2) is 0 Å². The Labute approximate surface area is 165 Å². The van der Waals surface area contributed by atoms with Crippen LogP contribution < -0.4 is 5.32 Å². The average Bonchev–Trinajstić information content (AvgIpc) is 3.03. The largest absolute Gasteiger partial charge is 0.469 e. The Morgan fingerprint density at radius 1 is 1.25 bits per heavy atom. The van der Waals surface area contributed by atoms with E-state index in [-0.39, 0.29) is 34.0 Å². The molecule has 0 aliphatic heterocycles. The Balaban J connectivity index is 1.92. The van der Waals surface area contributed by atoms with Crippen molar-refractivity contribution in [2.24, 2.45) is 0 Å². The predicted molar refractivity (Wildman–Crippen MR) is 102 cm³/mol. The van der Waals surface area contributed by atoms with Gasteiger partial charge in [0.25, 0.3) is 5.91 Å². The number of carbonyl (C=O) groups excluding carboxylic acids is 2. The van der Waals surface area contributed by atoms with Crippen LogP contribution in [0.15, 0.2) is 47.0 Å². The molecular formula is C20H16ClFN2O4. The fourth-order valence-electron chi connectivity index (χ4n) is 2.73. The summed E-state index contributed by atoms with van der Waals surface area (Å²) in [6, 6.07) is 10.9. The van der Waals surface area contributed by atoms with E-state index >= 15 is 0 Å². The summed E-state index contributed by atoms with van der Waals surface area (Å²) in [7, 11) is 1.30. The van der Waals surface area contributed by atoms with Crippen LogP contribution in [0.2, 0.25) is 5.02 Å². The molecule has 3 rings (SSSR count). The minimum Gasteiger partial charge on any atom is -0.469 e. The zero-order chi connectivity index (χ0) is 20.3. The first kappa shape index (κ1) is 19.6. The molecule has 0 atom stereocenters. The molecular weight excluding hydrogens is 387 g/mol. The van der Waals surface area contributed by atoms with Crippen LogP contribution in [0.1, 0.15) is 21.7 Å². The van der Waals surface area contributed by atoms with Gasteiger partial charge in [-0.05, 0) is 36.8 Å². The second-order valence-corrected chi connectivity index (χ2v) is 6.37. The third-order valence-electron chi connectivity index (χ3n) is 4.05. The number of carbonyl (C=O) groups is 2. The lowest BCUT2D eigenvalue weighted by atomic mass is 10.0. The van der Waals surface area contributed by atoms with E-state index in [0.717, 1.165) is 0 Å². The first-order valence-electron chi connectivity index (χ1n) is 8.28. The lowest BCUT2D eigenvalue weighted by molar-refractivity contribution is -0.139. The van der Waals surface area contributed by atoms with Gasteiger partial charge in [0.2, 0.25) is 0 Å². The summed E-state index contributed by atoms with van der Waals surface area (Å²) in [6.07, 6.45) is 0.0720. The number of hydrogen-bond donors (Lipinski definition) is 1. The maximum atomic E-state index is 14.3. The van der Waals surface area contributed by atoms with Crippen molar-refractivity contribution >= 4 is 29.2 Å². The Morgan fingerprint density at radius 3 is 2.71 bits per heavy atom. The molecule has 1 N–H and O–H groups in total. The zero-order valence-electron chi connectivity index (χ0n) is 15.1. The van der Waals surface area contributed by atoms with Gasteiger partial charge < -0.3 is 14.6 Å². The predicted octanol–water partition coefficient (Wildman–Crippen LogP) is 4.41. The highest BCUT2D eigenvalue weighted by Gasteiger charge is 2.25.